The molecule has 0 aliphatic carbocycles. The number of fused-ring (bicyclic) bond motifs is 1. The van der Waals surface area contributed by atoms with E-state index >= 15 is 0 Å². The van der Waals surface area contributed by atoms with Gasteiger partial charge in [0.25, 0.3) is 0 Å². The van der Waals surface area contributed by atoms with Gasteiger partial charge in [-0.05, 0) is 23.8 Å². The number of para-hydroxylation sites is 2. The van der Waals surface area contributed by atoms with Gasteiger partial charge in [-0.15, -0.1) is 0 Å². The maximum atomic E-state index is 5.80. The van der Waals surface area contributed by atoms with E-state index in [0.717, 1.165) is 17.9 Å². The Labute approximate surface area is 101 Å². The van der Waals surface area contributed by atoms with Gasteiger partial charge in [0.1, 0.15) is 24.2 Å². The highest BCUT2D eigenvalue weighted by molar-refractivity contribution is 5.37. The maximum absolute atomic E-state index is 5.80. The van der Waals surface area contributed by atoms with Crippen molar-refractivity contribution in [1.29, 1.82) is 0 Å². The van der Waals surface area contributed by atoms with Crippen LogP contribution in [0.4, 0.5) is 0 Å². The summed E-state index contributed by atoms with van der Waals surface area (Å²) in [5.74, 6) is 1.89. The number of ether oxygens (including phenoxy) is 2. The van der Waals surface area contributed by atoms with Crippen LogP contribution in [-0.4, -0.2) is 12.7 Å². The van der Waals surface area contributed by atoms with Gasteiger partial charge in [0.15, 0.2) is 0 Å². The van der Waals surface area contributed by atoms with Crippen molar-refractivity contribution in [2.75, 3.05) is 6.61 Å². The molecule has 1 heterocycles. The normalized spacial score (nSPS) is 17.3. The van der Waals surface area contributed by atoms with Crippen LogP contribution >= 0.6 is 0 Å². The molecule has 0 fully saturated rings. The zero-order valence-corrected chi connectivity index (χ0v) is 9.50. The summed E-state index contributed by atoms with van der Waals surface area (Å²) in [6, 6.07) is 18.0. The second-order valence-corrected chi connectivity index (χ2v) is 4.18. The van der Waals surface area contributed by atoms with Gasteiger partial charge < -0.3 is 9.47 Å². The Hall–Kier alpha value is -1.96. The zero-order valence-electron chi connectivity index (χ0n) is 9.50. The van der Waals surface area contributed by atoms with Crippen LogP contribution in [0.2, 0.25) is 0 Å². The Balaban J connectivity index is 1.59. The Morgan fingerprint density at radius 3 is 2.59 bits per heavy atom. The van der Waals surface area contributed by atoms with E-state index in [2.05, 4.69) is 6.07 Å². The fraction of sp³-hybridized carbons (Fsp3) is 0.200. The quantitative estimate of drug-likeness (QED) is 0.800. The lowest BCUT2D eigenvalue weighted by Crippen LogP contribution is -2.22. The molecule has 0 N–H and O–H groups in total. The summed E-state index contributed by atoms with van der Waals surface area (Å²) in [6.45, 7) is 0.596. The first-order valence-corrected chi connectivity index (χ1v) is 5.84. The Bertz CT molecular complexity index is 468. The van der Waals surface area contributed by atoms with Gasteiger partial charge in [0.2, 0.25) is 0 Å². The zero-order chi connectivity index (χ0) is 11.5. The molecule has 2 aromatic carbocycles. The molecule has 0 saturated heterocycles. The van der Waals surface area contributed by atoms with Crippen molar-refractivity contribution < 1.29 is 9.47 Å². The number of hydrogen-bond acceptors (Lipinski definition) is 2. The van der Waals surface area contributed by atoms with Crippen LogP contribution in [0.1, 0.15) is 5.56 Å². The van der Waals surface area contributed by atoms with E-state index in [1.54, 1.807) is 0 Å². The number of benzene rings is 2. The van der Waals surface area contributed by atoms with E-state index in [0.29, 0.717) is 6.61 Å². The van der Waals surface area contributed by atoms with Crippen LogP contribution in [-0.2, 0) is 6.42 Å². The molecule has 0 bridgehead atoms. The molecule has 0 aromatic heterocycles. The Kier molecular flexibility index (Phi) is 2.70. The van der Waals surface area contributed by atoms with Crippen LogP contribution in [0.25, 0.3) is 0 Å². The Morgan fingerprint density at radius 2 is 1.76 bits per heavy atom. The van der Waals surface area contributed by atoms with Crippen molar-refractivity contribution in [3.05, 3.63) is 60.2 Å². The number of rotatable bonds is 3. The van der Waals surface area contributed by atoms with E-state index in [1.807, 2.05) is 48.5 Å². The van der Waals surface area contributed by atoms with Gasteiger partial charge >= 0.3 is 0 Å². The van der Waals surface area contributed by atoms with Crippen molar-refractivity contribution in [1.82, 2.24) is 0 Å². The van der Waals surface area contributed by atoms with Crippen LogP contribution in [0.3, 0.4) is 0 Å². The first-order chi connectivity index (χ1) is 8.42. The molecular weight excluding hydrogens is 212 g/mol. The van der Waals surface area contributed by atoms with Crippen molar-refractivity contribution in [2.24, 2.45) is 0 Å². The summed E-state index contributed by atoms with van der Waals surface area (Å²) >= 11 is 0. The third-order valence-electron chi connectivity index (χ3n) is 2.89. The van der Waals surface area contributed by atoms with Gasteiger partial charge in [-0.2, -0.15) is 0 Å². The van der Waals surface area contributed by atoms with Gasteiger partial charge in [-0.25, -0.2) is 0 Å². The standard InChI is InChI=1S/C15H14O2/c1-2-7-13(8-3-1)16-11-14-10-12-6-4-5-9-15(12)17-14/h1-9,14H,10-11H2. The predicted molar refractivity (Wildman–Crippen MR) is 66.5 cm³/mol. The minimum absolute atomic E-state index is 0.132. The van der Waals surface area contributed by atoms with Crippen LogP contribution in [0.5, 0.6) is 11.5 Å². The minimum atomic E-state index is 0.132. The molecule has 1 atom stereocenters. The highest BCUT2D eigenvalue weighted by Crippen LogP contribution is 2.28. The summed E-state index contributed by atoms with van der Waals surface area (Å²) in [6.07, 6.45) is 1.07. The summed E-state index contributed by atoms with van der Waals surface area (Å²) in [5.41, 5.74) is 1.27. The first-order valence-electron chi connectivity index (χ1n) is 5.84. The molecular formula is C15H14O2. The molecule has 2 nitrogen and oxygen atoms in total. The largest absolute Gasteiger partial charge is 0.490 e. The van der Waals surface area contributed by atoms with Crippen LogP contribution in [0, 0.1) is 0 Å². The average Bonchev–Trinajstić information content (AvgIpc) is 2.80. The van der Waals surface area contributed by atoms with E-state index in [4.69, 9.17) is 9.47 Å². The second kappa shape index (κ2) is 4.50. The van der Waals surface area contributed by atoms with Crippen molar-refractivity contribution >= 4 is 0 Å². The van der Waals surface area contributed by atoms with E-state index < -0.39 is 0 Å². The van der Waals surface area contributed by atoms with Gasteiger partial charge in [0.05, 0.1) is 0 Å². The van der Waals surface area contributed by atoms with Crippen LogP contribution < -0.4 is 9.47 Å². The SMILES string of the molecule is c1ccc(OCC2Cc3ccccc3O2)cc1. The van der Waals surface area contributed by atoms with E-state index in [9.17, 15) is 0 Å². The molecule has 2 aromatic rings. The summed E-state index contributed by atoms with van der Waals surface area (Å²) in [7, 11) is 0. The topological polar surface area (TPSA) is 18.5 Å². The third-order valence-corrected chi connectivity index (χ3v) is 2.89. The van der Waals surface area contributed by atoms with Gasteiger partial charge in [0, 0.05) is 6.42 Å². The third kappa shape index (κ3) is 2.26. The molecule has 86 valence electrons. The molecule has 1 unspecified atom stereocenters. The number of hydrogen-bond donors (Lipinski definition) is 0. The lowest BCUT2D eigenvalue weighted by Gasteiger charge is -2.12. The maximum Gasteiger partial charge on any atom is 0.137 e. The molecule has 17 heavy (non-hydrogen) atoms. The summed E-state index contributed by atoms with van der Waals surface area (Å²) in [5, 5.41) is 0. The van der Waals surface area contributed by atoms with Crippen LogP contribution in [0.15, 0.2) is 54.6 Å². The summed E-state index contributed by atoms with van der Waals surface area (Å²) < 4.78 is 11.5. The van der Waals surface area contributed by atoms with Crippen molar-refractivity contribution in [2.45, 2.75) is 12.5 Å². The molecule has 0 amide bonds. The molecule has 3 rings (SSSR count). The Morgan fingerprint density at radius 1 is 1.00 bits per heavy atom. The monoisotopic (exact) mass is 226 g/mol. The highest BCUT2D eigenvalue weighted by atomic mass is 16.5. The minimum Gasteiger partial charge on any atom is -0.490 e. The first kappa shape index (κ1) is 10.2. The fourth-order valence-electron chi connectivity index (χ4n) is 2.05. The molecule has 2 heteroatoms. The van der Waals surface area contributed by atoms with Crippen molar-refractivity contribution in [3.8, 4) is 11.5 Å². The molecule has 0 spiro atoms. The van der Waals surface area contributed by atoms with E-state index in [1.165, 1.54) is 5.56 Å². The molecule has 1 aliphatic heterocycles. The predicted octanol–water partition coefficient (Wildman–Crippen LogP) is 3.07. The molecule has 0 saturated carbocycles. The van der Waals surface area contributed by atoms with Gasteiger partial charge in [-0.1, -0.05) is 36.4 Å². The van der Waals surface area contributed by atoms with Gasteiger partial charge in [-0.3, -0.25) is 0 Å². The molecule has 0 radical (unpaired) electrons. The summed E-state index contributed by atoms with van der Waals surface area (Å²) in [4.78, 5) is 0. The lowest BCUT2D eigenvalue weighted by atomic mass is 10.1. The van der Waals surface area contributed by atoms with E-state index in [-0.39, 0.29) is 6.10 Å². The fourth-order valence-corrected chi connectivity index (χ4v) is 2.05. The second-order valence-electron chi connectivity index (χ2n) is 4.18. The average molecular weight is 226 g/mol. The highest BCUT2D eigenvalue weighted by Gasteiger charge is 2.22. The van der Waals surface area contributed by atoms with Crippen molar-refractivity contribution in [3.63, 3.8) is 0 Å². The lowest BCUT2D eigenvalue weighted by molar-refractivity contribution is 0.148. The molecule has 1 aliphatic rings. The smallest absolute Gasteiger partial charge is 0.137 e.